The third-order valence-corrected chi connectivity index (χ3v) is 3.06. The number of hydrogen-bond acceptors (Lipinski definition) is 4. The first-order chi connectivity index (χ1) is 7.87. The molecule has 0 amide bonds. The van der Waals surface area contributed by atoms with E-state index in [0.29, 0.717) is 0 Å². The van der Waals surface area contributed by atoms with Crippen LogP contribution >= 0.6 is 0 Å². The number of methoxy groups -OCH3 is 1. The molecule has 2 unspecified atom stereocenters. The van der Waals surface area contributed by atoms with E-state index in [0.717, 1.165) is 19.3 Å². The van der Waals surface area contributed by atoms with Crippen LogP contribution in [0.5, 0.6) is 0 Å². The van der Waals surface area contributed by atoms with Crippen LogP contribution in [-0.2, 0) is 14.3 Å². The quantitative estimate of drug-likeness (QED) is 0.402. The van der Waals surface area contributed by atoms with Crippen molar-refractivity contribution in [2.75, 3.05) is 7.11 Å². The van der Waals surface area contributed by atoms with E-state index < -0.39 is 11.5 Å². The van der Waals surface area contributed by atoms with Crippen molar-refractivity contribution in [1.29, 1.82) is 0 Å². The van der Waals surface area contributed by atoms with Gasteiger partial charge in [-0.05, 0) is 13.3 Å². The monoisotopic (exact) mass is 243 g/mol. The first-order valence-corrected chi connectivity index (χ1v) is 6.29. The van der Waals surface area contributed by atoms with Gasteiger partial charge in [-0.2, -0.15) is 0 Å². The second kappa shape index (κ2) is 7.43. The van der Waals surface area contributed by atoms with Crippen molar-refractivity contribution in [3.05, 3.63) is 0 Å². The predicted octanol–water partition coefficient (Wildman–Crippen LogP) is 2.05. The Bertz CT molecular complexity index is 261. The van der Waals surface area contributed by atoms with Crippen molar-refractivity contribution in [2.45, 2.75) is 58.4 Å². The molecule has 2 atom stereocenters. The number of nitrogens with two attached hydrogens (primary N) is 1. The Morgan fingerprint density at radius 3 is 2.35 bits per heavy atom. The zero-order chi connectivity index (χ0) is 13.5. The minimum atomic E-state index is -1.51. The molecule has 17 heavy (non-hydrogen) atoms. The fraction of sp³-hybridized carbons (Fsp3) is 0.846. The van der Waals surface area contributed by atoms with E-state index in [1.807, 2.05) is 6.92 Å². The molecule has 2 N–H and O–H groups in total. The lowest BCUT2D eigenvalue weighted by Crippen LogP contribution is -2.54. The molecule has 0 aromatic carbocycles. The molecule has 0 aliphatic carbocycles. The highest BCUT2D eigenvalue weighted by molar-refractivity contribution is 6.08. The van der Waals surface area contributed by atoms with Gasteiger partial charge in [-0.25, -0.2) is 4.79 Å². The Morgan fingerprint density at radius 1 is 1.29 bits per heavy atom. The van der Waals surface area contributed by atoms with Gasteiger partial charge in [0.05, 0.1) is 7.11 Å². The summed E-state index contributed by atoms with van der Waals surface area (Å²) in [6, 6.07) is 0. The molecule has 0 saturated heterocycles. The molecule has 100 valence electrons. The zero-order valence-corrected chi connectivity index (χ0v) is 11.4. The van der Waals surface area contributed by atoms with Crippen LogP contribution < -0.4 is 5.73 Å². The second-order valence-electron chi connectivity index (χ2n) is 4.81. The van der Waals surface area contributed by atoms with Gasteiger partial charge in [0.2, 0.25) is 0 Å². The SMILES string of the molecule is CCCCCCC(C)C(=O)C(C)(N)C(=O)OC. The average molecular weight is 243 g/mol. The van der Waals surface area contributed by atoms with E-state index in [9.17, 15) is 9.59 Å². The molecule has 0 rings (SSSR count). The Balaban J connectivity index is 4.24. The number of ketones is 1. The third-order valence-electron chi connectivity index (χ3n) is 3.06. The molecule has 0 bridgehead atoms. The highest BCUT2D eigenvalue weighted by Gasteiger charge is 2.39. The van der Waals surface area contributed by atoms with Crippen molar-refractivity contribution in [2.24, 2.45) is 11.7 Å². The van der Waals surface area contributed by atoms with E-state index in [1.165, 1.54) is 26.9 Å². The number of Topliss-reactive ketones (excluding diaryl/α,β-unsaturated/α-hetero) is 1. The standard InChI is InChI=1S/C13H25NO3/c1-5-6-7-8-9-10(2)11(15)13(3,14)12(16)17-4/h10H,5-9,14H2,1-4H3. The summed E-state index contributed by atoms with van der Waals surface area (Å²) in [6.07, 6.45) is 5.24. The van der Waals surface area contributed by atoms with Crippen LogP contribution in [0.25, 0.3) is 0 Å². The lowest BCUT2D eigenvalue weighted by Gasteiger charge is -2.23. The first kappa shape index (κ1) is 16.1. The van der Waals surface area contributed by atoms with Gasteiger partial charge < -0.3 is 10.5 Å². The molecule has 4 heteroatoms. The van der Waals surface area contributed by atoms with Crippen LogP contribution in [-0.4, -0.2) is 24.4 Å². The van der Waals surface area contributed by atoms with Gasteiger partial charge in [-0.3, -0.25) is 4.79 Å². The van der Waals surface area contributed by atoms with Gasteiger partial charge >= 0.3 is 5.97 Å². The van der Waals surface area contributed by atoms with Gasteiger partial charge in [0, 0.05) is 5.92 Å². The van der Waals surface area contributed by atoms with Gasteiger partial charge in [0.15, 0.2) is 11.3 Å². The fourth-order valence-electron chi connectivity index (χ4n) is 1.83. The number of hydrogen-bond donors (Lipinski definition) is 1. The highest BCUT2D eigenvalue weighted by atomic mass is 16.5. The summed E-state index contributed by atoms with van der Waals surface area (Å²) in [5.41, 5.74) is 4.21. The molecule has 0 radical (unpaired) electrons. The molecule has 0 aliphatic rings. The van der Waals surface area contributed by atoms with E-state index in [4.69, 9.17) is 5.73 Å². The zero-order valence-electron chi connectivity index (χ0n) is 11.4. The van der Waals surface area contributed by atoms with E-state index in [-0.39, 0.29) is 11.7 Å². The maximum absolute atomic E-state index is 12.0. The third kappa shape index (κ3) is 4.86. The molecule has 4 nitrogen and oxygen atoms in total. The van der Waals surface area contributed by atoms with Gasteiger partial charge in [-0.15, -0.1) is 0 Å². The van der Waals surface area contributed by atoms with E-state index >= 15 is 0 Å². The number of carbonyl (C=O) groups is 2. The minimum absolute atomic E-state index is 0.194. The Labute approximate surface area is 104 Å². The molecule has 0 spiro atoms. The normalized spacial score (nSPS) is 16.1. The van der Waals surface area contributed by atoms with Crippen LogP contribution in [0.2, 0.25) is 0 Å². The maximum atomic E-state index is 12.0. The van der Waals surface area contributed by atoms with Crippen LogP contribution in [0, 0.1) is 5.92 Å². The van der Waals surface area contributed by atoms with Crippen molar-refractivity contribution < 1.29 is 14.3 Å². The molecular weight excluding hydrogens is 218 g/mol. The molecule has 0 saturated carbocycles. The van der Waals surface area contributed by atoms with Crippen molar-refractivity contribution in [3.8, 4) is 0 Å². The number of esters is 1. The van der Waals surface area contributed by atoms with Gasteiger partial charge in [0.25, 0.3) is 0 Å². The van der Waals surface area contributed by atoms with E-state index in [2.05, 4.69) is 11.7 Å². The molecule has 0 aromatic rings. The lowest BCUT2D eigenvalue weighted by molar-refractivity contribution is -0.151. The number of carbonyl (C=O) groups excluding carboxylic acids is 2. The Kier molecular flexibility index (Phi) is 7.04. The molecule has 0 aromatic heterocycles. The van der Waals surface area contributed by atoms with Gasteiger partial charge in [-0.1, -0.05) is 39.5 Å². The number of rotatable bonds is 8. The molecule has 0 heterocycles. The maximum Gasteiger partial charge on any atom is 0.333 e. The minimum Gasteiger partial charge on any atom is -0.467 e. The lowest BCUT2D eigenvalue weighted by atomic mass is 9.86. The Morgan fingerprint density at radius 2 is 1.88 bits per heavy atom. The summed E-state index contributed by atoms with van der Waals surface area (Å²) in [7, 11) is 1.24. The molecule has 0 fully saturated rings. The summed E-state index contributed by atoms with van der Waals surface area (Å²) in [5.74, 6) is -1.09. The second-order valence-corrected chi connectivity index (χ2v) is 4.81. The van der Waals surface area contributed by atoms with Crippen LogP contribution in [0.15, 0.2) is 0 Å². The van der Waals surface area contributed by atoms with Crippen molar-refractivity contribution in [1.82, 2.24) is 0 Å². The number of ether oxygens (including phenoxy) is 1. The van der Waals surface area contributed by atoms with Crippen LogP contribution in [0.3, 0.4) is 0 Å². The summed E-state index contributed by atoms with van der Waals surface area (Å²) in [6.45, 7) is 5.38. The van der Waals surface area contributed by atoms with Crippen LogP contribution in [0.1, 0.15) is 52.9 Å². The summed E-state index contributed by atoms with van der Waals surface area (Å²) in [4.78, 5) is 23.4. The summed E-state index contributed by atoms with van der Waals surface area (Å²) < 4.78 is 4.54. The van der Waals surface area contributed by atoms with Crippen molar-refractivity contribution in [3.63, 3.8) is 0 Å². The summed E-state index contributed by atoms with van der Waals surface area (Å²) >= 11 is 0. The van der Waals surface area contributed by atoms with Gasteiger partial charge in [0.1, 0.15) is 0 Å². The summed E-state index contributed by atoms with van der Waals surface area (Å²) in [5, 5.41) is 0. The van der Waals surface area contributed by atoms with Crippen LogP contribution in [0.4, 0.5) is 0 Å². The average Bonchev–Trinajstić information content (AvgIpc) is 2.32. The number of unbranched alkanes of at least 4 members (excludes halogenated alkanes) is 3. The smallest absolute Gasteiger partial charge is 0.333 e. The first-order valence-electron chi connectivity index (χ1n) is 6.29. The predicted molar refractivity (Wildman–Crippen MR) is 67.5 cm³/mol. The fourth-order valence-corrected chi connectivity index (χ4v) is 1.83. The van der Waals surface area contributed by atoms with E-state index in [1.54, 1.807) is 0 Å². The largest absolute Gasteiger partial charge is 0.467 e. The molecule has 0 aliphatic heterocycles. The Hall–Kier alpha value is -0.900. The highest BCUT2D eigenvalue weighted by Crippen LogP contribution is 2.17. The molecular formula is C13H25NO3. The van der Waals surface area contributed by atoms with Crippen molar-refractivity contribution >= 4 is 11.8 Å². The topological polar surface area (TPSA) is 69.4 Å².